The molecular weight excluding hydrogens is 224 g/mol. The molecular formula is C15H20N2O. The Morgan fingerprint density at radius 1 is 1.28 bits per heavy atom. The molecule has 0 aliphatic rings. The summed E-state index contributed by atoms with van der Waals surface area (Å²) in [6, 6.07) is 10.8. The maximum atomic E-state index is 5.10. The smallest absolute Gasteiger partial charge is 0.0734 e. The summed E-state index contributed by atoms with van der Waals surface area (Å²) in [5.74, 6) is 0. The molecule has 1 aromatic carbocycles. The fraction of sp³-hybridized carbons (Fsp3) is 0.400. The first-order valence-electron chi connectivity index (χ1n) is 6.36. The Labute approximate surface area is 108 Å². The van der Waals surface area contributed by atoms with Crippen LogP contribution in [0.2, 0.25) is 0 Å². The lowest BCUT2D eigenvalue weighted by atomic mass is 10.1. The van der Waals surface area contributed by atoms with E-state index < -0.39 is 0 Å². The van der Waals surface area contributed by atoms with Gasteiger partial charge in [-0.2, -0.15) is 0 Å². The molecule has 0 bridgehead atoms. The van der Waals surface area contributed by atoms with Crippen LogP contribution in [-0.4, -0.2) is 31.3 Å². The van der Waals surface area contributed by atoms with Crippen LogP contribution in [0.3, 0.4) is 0 Å². The minimum atomic E-state index is 0.387. The van der Waals surface area contributed by atoms with E-state index in [0.717, 1.165) is 25.1 Å². The van der Waals surface area contributed by atoms with Crippen molar-refractivity contribution >= 4 is 10.9 Å². The Kier molecular flexibility index (Phi) is 4.67. The van der Waals surface area contributed by atoms with Crippen LogP contribution in [0.1, 0.15) is 12.5 Å². The lowest BCUT2D eigenvalue weighted by molar-refractivity contribution is 0.172. The monoisotopic (exact) mass is 244 g/mol. The second-order valence-corrected chi connectivity index (χ2v) is 4.55. The molecule has 2 aromatic rings. The highest BCUT2D eigenvalue weighted by atomic mass is 16.5. The number of pyridine rings is 1. The van der Waals surface area contributed by atoms with E-state index in [9.17, 15) is 0 Å². The number of benzene rings is 1. The SMILES string of the molecule is COCC(C)NCCc1cccc2cccnc12. The van der Waals surface area contributed by atoms with Crippen LogP contribution in [0.15, 0.2) is 36.5 Å². The molecule has 0 saturated heterocycles. The van der Waals surface area contributed by atoms with Crippen LogP contribution in [0.4, 0.5) is 0 Å². The van der Waals surface area contributed by atoms with Gasteiger partial charge < -0.3 is 10.1 Å². The van der Waals surface area contributed by atoms with E-state index in [1.54, 1.807) is 7.11 Å². The summed E-state index contributed by atoms with van der Waals surface area (Å²) in [4.78, 5) is 4.46. The van der Waals surface area contributed by atoms with Crippen molar-refractivity contribution in [1.82, 2.24) is 10.3 Å². The van der Waals surface area contributed by atoms with Gasteiger partial charge in [0.2, 0.25) is 0 Å². The number of ether oxygens (including phenoxy) is 1. The van der Waals surface area contributed by atoms with Crippen molar-refractivity contribution in [3.63, 3.8) is 0 Å². The van der Waals surface area contributed by atoms with Crippen molar-refractivity contribution in [2.45, 2.75) is 19.4 Å². The number of rotatable bonds is 6. The minimum Gasteiger partial charge on any atom is -0.383 e. The number of para-hydroxylation sites is 1. The van der Waals surface area contributed by atoms with Gasteiger partial charge >= 0.3 is 0 Å². The van der Waals surface area contributed by atoms with Crippen LogP contribution < -0.4 is 5.32 Å². The normalized spacial score (nSPS) is 12.8. The van der Waals surface area contributed by atoms with Gasteiger partial charge in [-0.25, -0.2) is 0 Å². The molecule has 96 valence electrons. The Hall–Kier alpha value is -1.45. The Morgan fingerprint density at radius 2 is 2.11 bits per heavy atom. The first-order chi connectivity index (χ1) is 8.81. The highest BCUT2D eigenvalue weighted by Gasteiger charge is 2.03. The average Bonchev–Trinajstić information content (AvgIpc) is 2.39. The van der Waals surface area contributed by atoms with E-state index in [1.165, 1.54) is 10.9 Å². The van der Waals surface area contributed by atoms with Gasteiger partial charge in [0.1, 0.15) is 0 Å². The summed E-state index contributed by atoms with van der Waals surface area (Å²) in [5.41, 5.74) is 2.41. The molecule has 18 heavy (non-hydrogen) atoms. The molecule has 1 atom stereocenters. The van der Waals surface area contributed by atoms with Crippen LogP contribution in [0.5, 0.6) is 0 Å². The fourth-order valence-corrected chi connectivity index (χ4v) is 2.13. The van der Waals surface area contributed by atoms with Crippen molar-refractivity contribution in [2.75, 3.05) is 20.3 Å². The lowest BCUT2D eigenvalue weighted by Gasteiger charge is -2.13. The number of nitrogens with zero attached hydrogens (tertiary/aromatic N) is 1. The highest BCUT2D eigenvalue weighted by molar-refractivity contribution is 5.81. The van der Waals surface area contributed by atoms with Gasteiger partial charge in [-0.1, -0.05) is 24.3 Å². The van der Waals surface area contributed by atoms with Crippen molar-refractivity contribution in [1.29, 1.82) is 0 Å². The second-order valence-electron chi connectivity index (χ2n) is 4.55. The first-order valence-corrected chi connectivity index (χ1v) is 6.36. The quantitative estimate of drug-likeness (QED) is 0.847. The van der Waals surface area contributed by atoms with E-state index in [2.05, 4.69) is 41.5 Å². The molecule has 1 N–H and O–H groups in total. The number of hydrogen-bond donors (Lipinski definition) is 1. The highest BCUT2D eigenvalue weighted by Crippen LogP contribution is 2.15. The summed E-state index contributed by atoms with van der Waals surface area (Å²) in [7, 11) is 1.73. The van der Waals surface area contributed by atoms with E-state index >= 15 is 0 Å². The van der Waals surface area contributed by atoms with Gasteiger partial charge in [-0.3, -0.25) is 4.98 Å². The summed E-state index contributed by atoms with van der Waals surface area (Å²) >= 11 is 0. The number of aromatic nitrogens is 1. The summed E-state index contributed by atoms with van der Waals surface area (Å²) in [6.45, 7) is 3.82. The van der Waals surface area contributed by atoms with Crippen molar-refractivity contribution < 1.29 is 4.74 Å². The second kappa shape index (κ2) is 6.47. The zero-order chi connectivity index (χ0) is 12.8. The van der Waals surface area contributed by atoms with Crippen molar-refractivity contribution in [3.8, 4) is 0 Å². The van der Waals surface area contributed by atoms with Gasteiger partial charge in [-0.15, -0.1) is 0 Å². The van der Waals surface area contributed by atoms with Gasteiger partial charge in [0.05, 0.1) is 12.1 Å². The molecule has 1 heterocycles. The van der Waals surface area contributed by atoms with Gasteiger partial charge in [0, 0.05) is 24.7 Å². The number of hydrogen-bond acceptors (Lipinski definition) is 3. The third-order valence-electron chi connectivity index (χ3n) is 3.02. The zero-order valence-electron chi connectivity index (χ0n) is 11.0. The summed E-state index contributed by atoms with van der Waals surface area (Å²) in [5, 5.41) is 4.65. The topological polar surface area (TPSA) is 34.1 Å². The maximum Gasteiger partial charge on any atom is 0.0734 e. The molecule has 0 amide bonds. The lowest BCUT2D eigenvalue weighted by Crippen LogP contribution is -2.31. The molecule has 1 aromatic heterocycles. The van der Waals surface area contributed by atoms with E-state index in [4.69, 9.17) is 4.74 Å². The van der Waals surface area contributed by atoms with Crippen LogP contribution in [0, 0.1) is 0 Å². The molecule has 0 radical (unpaired) electrons. The molecule has 3 heteroatoms. The predicted molar refractivity (Wildman–Crippen MR) is 74.8 cm³/mol. The van der Waals surface area contributed by atoms with E-state index in [1.807, 2.05) is 12.3 Å². The molecule has 2 rings (SSSR count). The molecule has 0 aliphatic heterocycles. The maximum absolute atomic E-state index is 5.10. The van der Waals surface area contributed by atoms with Crippen molar-refractivity contribution in [2.24, 2.45) is 0 Å². The average molecular weight is 244 g/mol. The minimum absolute atomic E-state index is 0.387. The number of fused-ring (bicyclic) bond motifs is 1. The molecule has 0 saturated carbocycles. The summed E-state index contributed by atoms with van der Waals surface area (Å²) in [6.07, 6.45) is 2.84. The van der Waals surface area contributed by atoms with Gasteiger partial charge in [0.15, 0.2) is 0 Å². The Bertz CT molecular complexity index is 493. The van der Waals surface area contributed by atoms with E-state index in [0.29, 0.717) is 6.04 Å². The zero-order valence-corrected chi connectivity index (χ0v) is 11.0. The summed E-state index contributed by atoms with van der Waals surface area (Å²) < 4.78 is 5.10. The Morgan fingerprint density at radius 3 is 2.94 bits per heavy atom. The van der Waals surface area contributed by atoms with E-state index in [-0.39, 0.29) is 0 Å². The van der Waals surface area contributed by atoms with Crippen LogP contribution in [-0.2, 0) is 11.2 Å². The molecule has 0 fully saturated rings. The van der Waals surface area contributed by atoms with Crippen molar-refractivity contribution in [3.05, 3.63) is 42.1 Å². The third kappa shape index (κ3) is 3.28. The van der Waals surface area contributed by atoms with Crippen LogP contribution >= 0.6 is 0 Å². The number of nitrogens with one attached hydrogen (secondary N) is 1. The first kappa shape index (κ1) is 13.0. The fourth-order valence-electron chi connectivity index (χ4n) is 2.13. The predicted octanol–water partition coefficient (Wildman–Crippen LogP) is 2.40. The largest absolute Gasteiger partial charge is 0.383 e. The van der Waals surface area contributed by atoms with Gasteiger partial charge in [0.25, 0.3) is 0 Å². The standard InChI is InChI=1S/C15H20N2O/c1-12(11-18-2)16-10-8-14-6-3-5-13-7-4-9-17-15(13)14/h3-7,9,12,16H,8,10-11H2,1-2H3. The third-order valence-corrected chi connectivity index (χ3v) is 3.02. The molecule has 3 nitrogen and oxygen atoms in total. The van der Waals surface area contributed by atoms with Gasteiger partial charge in [-0.05, 0) is 31.5 Å². The number of methoxy groups -OCH3 is 1. The van der Waals surface area contributed by atoms with Crippen LogP contribution in [0.25, 0.3) is 10.9 Å². The molecule has 0 aliphatic carbocycles. The molecule has 0 spiro atoms. The molecule has 1 unspecified atom stereocenters. The Balaban J connectivity index is 1.99.